The Morgan fingerprint density at radius 2 is 2.20 bits per heavy atom. The lowest BCUT2D eigenvalue weighted by molar-refractivity contribution is 0.155. The first-order valence-corrected chi connectivity index (χ1v) is 4.25. The molecule has 7 heteroatoms. The van der Waals surface area contributed by atoms with E-state index in [1.807, 2.05) is 6.07 Å². The number of anilines is 1. The monoisotopic (exact) mass is 202 g/mol. The van der Waals surface area contributed by atoms with Crippen molar-refractivity contribution in [2.24, 2.45) is 9.98 Å². The molecule has 1 aliphatic rings. The fourth-order valence-corrected chi connectivity index (χ4v) is 1.29. The molecule has 1 aromatic heterocycles. The van der Waals surface area contributed by atoms with Gasteiger partial charge in [0.1, 0.15) is 17.4 Å². The molecule has 0 aliphatic carbocycles. The second-order valence-corrected chi connectivity index (χ2v) is 3.00. The maximum Gasteiger partial charge on any atom is 0.230 e. The van der Waals surface area contributed by atoms with Crippen molar-refractivity contribution >= 4 is 29.0 Å². The third-order valence-electron chi connectivity index (χ3n) is 2.04. The molecule has 0 amide bonds. The SMILES string of the molecule is On1nnc2ccc(NC3=NC=N3)cc21. The number of fused-ring (bicyclic) bond motifs is 1. The Labute approximate surface area is 83.7 Å². The molecule has 0 unspecified atom stereocenters. The standard InChI is InChI=1S/C8H6N6O/c15-14-7-3-5(11-8-9-4-10-8)1-2-6(7)12-13-14/h1-4,15H,(H,9,10,11). The Kier molecular flexibility index (Phi) is 1.46. The predicted molar refractivity (Wildman–Crippen MR) is 54.3 cm³/mol. The lowest BCUT2D eigenvalue weighted by atomic mass is 10.3. The van der Waals surface area contributed by atoms with Gasteiger partial charge in [0, 0.05) is 5.69 Å². The Hall–Kier alpha value is -2.44. The van der Waals surface area contributed by atoms with E-state index in [4.69, 9.17) is 0 Å². The van der Waals surface area contributed by atoms with E-state index in [1.165, 1.54) is 6.34 Å². The van der Waals surface area contributed by atoms with E-state index in [2.05, 4.69) is 25.6 Å². The van der Waals surface area contributed by atoms with Crippen LogP contribution in [0.2, 0.25) is 0 Å². The quantitative estimate of drug-likeness (QED) is 0.658. The molecule has 0 fully saturated rings. The minimum absolute atomic E-state index is 0.531. The van der Waals surface area contributed by atoms with Gasteiger partial charge in [0.2, 0.25) is 5.96 Å². The number of nitrogens with one attached hydrogen (secondary N) is 1. The zero-order chi connectivity index (χ0) is 10.3. The zero-order valence-corrected chi connectivity index (χ0v) is 7.49. The van der Waals surface area contributed by atoms with Crippen molar-refractivity contribution in [2.75, 3.05) is 5.32 Å². The van der Waals surface area contributed by atoms with Crippen molar-refractivity contribution in [3.8, 4) is 0 Å². The molecule has 0 saturated carbocycles. The number of rotatable bonds is 1. The minimum atomic E-state index is 0.531. The van der Waals surface area contributed by atoms with Crippen LogP contribution < -0.4 is 5.32 Å². The van der Waals surface area contributed by atoms with Gasteiger partial charge >= 0.3 is 0 Å². The van der Waals surface area contributed by atoms with Crippen LogP contribution in [0, 0.1) is 0 Å². The summed E-state index contributed by atoms with van der Waals surface area (Å²) < 4.78 is 0. The number of guanidine groups is 1. The van der Waals surface area contributed by atoms with Gasteiger partial charge in [-0.1, -0.05) is 4.85 Å². The molecule has 2 heterocycles. The van der Waals surface area contributed by atoms with Crippen molar-refractivity contribution in [3.05, 3.63) is 18.2 Å². The third kappa shape index (κ3) is 1.21. The summed E-state index contributed by atoms with van der Waals surface area (Å²) in [6, 6.07) is 5.28. The van der Waals surface area contributed by atoms with Gasteiger partial charge in [-0.05, 0) is 23.4 Å². The number of hydrogen-bond donors (Lipinski definition) is 2. The van der Waals surface area contributed by atoms with Gasteiger partial charge in [-0.25, -0.2) is 9.98 Å². The van der Waals surface area contributed by atoms with Gasteiger partial charge in [0.25, 0.3) is 0 Å². The van der Waals surface area contributed by atoms with Crippen molar-refractivity contribution in [1.29, 1.82) is 0 Å². The first-order chi connectivity index (χ1) is 7.33. The molecule has 7 nitrogen and oxygen atoms in total. The summed E-state index contributed by atoms with van der Waals surface area (Å²) in [7, 11) is 0. The number of nitrogens with zero attached hydrogens (tertiary/aromatic N) is 5. The van der Waals surface area contributed by atoms with Gasteiger partial charge in [0.15, 0.2) is 0 Å². The molecule has 2 aromatic rings. The first kappa shape index (κ1) is 7.92. The predicted octanol–water partition coefficient (Wildman–Crippen LogP) is 0.478. The van der Waals surface area contributed by atoms with Crippen molar-refractivity contribution in [1.82, 2.24) is 15.2 Å². The summed E-state index contributed by atoms with van der Waals surface area (Å²) in [5, 5.41) is 19.5. The summed E-state index contributed by atoms with van der Waals surface area (Å²) in [4.78, 5) is 8.46. The summed E-state index contributed by atoms with van der Waals surface area (Å²) in [5.41, 5.74) is 1.93. The molecular weight excluding hydrogens is 196 g/mol. The van der Waals surface area contributed by atoms with E-state index < -0.39 is 0 Å². The second kappa shape index (κ2) is 2.77. The third-order valence-corrected chi connectivity index (χ3v) is 2.04. The molecular formula is C8H6N6O. The molecule has 0 radical (unpaired) electrons. The fourth-order valence-electron chi connectivity index (χ4n) is 1.29. The number of benzene rings is 1. The van der Waals surface area contributed by atoms with Crippen LogP contribution in [0.4, 0.5) is 5.69 Å². The largest absolute Gasteiger partial charge is 0.410 e. The molecule has 15 heavy (non-hydrogen) atoms. The molecule has 0 atom stereocenters. The van der Waals surface area contributed by atoms with Gasteiger partial charge in [-0.2, -0.15) is 0 Å². The van der Waals surface area contributed by atoms with E-state index in [0.717, 1.165) is 10.5 Å². The summed E-state index contributed by atoms with van der Waals surface area (Å²) in [6.45, 7) is 0. The van der Waals surface area contributed by atoms with Crippen LogP contribution in [-0.2, 0) is 0 Å². The fraction of sp³-hybridized carbons (Fsp3) is 0. The summed E-state index contributed by atoms with van der Waals surface area (Å²) in [6.07, 6.45) is 1.46. The number of aromatic nitrogens is 3. The average Bonchev–Trinajstić information content (AvgIpc) is 2.55. The van der Waals surface area contributed by atoms with Crippen LogP contribution in [0.25, 0.3) is 11.0 Å². The summed E-state index contributed by atoms with van der Waals surface area (Å²) >= 11 is 0. The minimum Gasteiger partial charge on any atom is -0.410 e. The molecule has 1 aliphatic heterocycles. The lowest BCUT2D eigenvalue weighted by Crippen LogP contribution is -2.14. The highest BCUT2D eigenvalue weighted by Crippen LogP contribution is 2.16. The zero-order valence-electron chi connectivity index (χ0n) is 7.49. The molecule has 74 valence electrons. The Morgan fingerprint density at radius 1 is 1.33 bits per heavy atom. The van der Waals surface area contributed by atoms with Gasteiger partial charge in [0.05, 0.1) is 0 Å². The molecule has 0 bridgehead atoms. The maximum atomic E-state index is 9.30. The normalized spacial score (nSPS) is 13.7. The highest BCUT2D eigenvalue weighted by Gasteiger charge is 2.06. The van der Waals surface area contributed by atoms with Gasteiger partial charge < -0.3 is 10.5 Å². The average molecular weight is 202 g/mol. The molecule has 1 aromatic carbocycles. The van der Waals surface area contributed by atoms with Crippen molar-refractivity contribution in [3.63, 3.8) is 0 Å². The van der Waals surface area contributed by atoms with E-state index >= 15 is 0 Å². The Bertz CT molecular complexity index is 584. The van der Waals surface area contributed by atoms with E-state index in [1.54, 1.807) is 12.1 Å². The van der Waals surface area contributed by atoms with E-state index in [-0.39, 0.29) is 0 Å². The Morgan fingerprint density at radius 3 is 2.93 bits per heavy atom. The van der Waals surface area contributed by atoms with E-state index in [0.29, 0.717) is 17.0 Å². The van der Waals surface area contributed by atoms with Crippen molar-refractivity contribution in [2.45, 2.75) is 0 Å². The van der Waals surface area contributed by atoms with Crippen LogP contribution in [0.5, 0.6) is 0 Å². The van der Waals surface area contributed by atoms with Crippen LogP contribution in [0.1, 0.15) is 0 Å². The first-order valence-electron chi connectivity index (χ1n) is 4.25. The van der Waals surface area contributed by atoms with Crippen LogP contribution >= 0.6 is 0 Å². The molecule has 2 N–H and O–H groups in total. The van der Waals surface area contributed by atoms with Crippen LogP contribution in [0.3, 0.4) is 0 Å². The Balaban J connectivity index is 2.01. The number of hydrogen-bond acceptors (Lipinski definition) is 6. The summed E-state index contributed by atoms with van der Waals surface area (Å²) in [5.74, 6) is 0.548. The molecule has 0 spiro atoms. The number of aliphatic imine (C=N–C) groups is 2. The van der Waals surface area contributed by atoms with Gasteiger partial charge in [-0.3, -0.25) is 0 Å². The van der Waals surface area contributed by atoms with Crippen LogP contribution in [0.15, 0.2) is 28.2 Å². The maximum absolute atomic E-state index is 9.30. The lowest BCUT2D eigenvalue weighted by Gasteiger charge is -2.07. The van der Waals surface area contributed by atoms with Gasteiger partial charge in [-0.15, -0.1) is 5.10 Å². The molecule has 3 rings (SSSR count). The highest BCUT2D eigenvalue weighted by atomic mass is 16.5. The van der Waals surface area contributed by atoms with Crippen molar-refractivity contribution < 1.29 is 5.21 Å². The smallest absolute Gasteiger partial charge is 0.230 e. The van der Waals surface area contributed by atoms with Crippen LogP contribution in [-0.4, -0.2) is 32.7 Å². The second-order valence-electron chi connectivity index (χ2n) is 3.00. The van der Waals surface area contributed by atoms with E-state index in [9.17, 15) is 5.21 Å². The topological polar surface area (TPSA) is 87.7 Å². The highest BCUT2D eigenvalue weighted by molar-refractivity contribution is 6.08. The molecule has 0 saturated heterocycles.